The van der Waals surface area contributed by atoms with Crippen molar-refractivity contribution in [1.29, 1.82) is 5.26 Å². The van der Waals surface area contributed by atoms with E-state index in [1.165, 1.54) is 0 Å². The molecule has 4 aromatic rings. The lowest BCUT2D eigenvalue weighted by molar-refractivity contribution is -0.112. The fourth-order valence-electron chi connectivity index (χ4n) is 3.97. The minimum atomic E-state index is -0.450. The second-order valence-corrected chi connectivity index (χ2v) is 8.35. The zero-order valence-corrected chi connectivity index (χ0v) is 19.6. The van der Waals surface area contributed by atoms with E-state index in [0.717, 1.165) is 33.0 Å². The number of fused-ring (bicyclic) bond motifs is 1. The van der Waals surface area contributed by atoms with Crippen molar-refractivity contribution in [1.82, 2.24) is 0 Å². The van der Waals surface area contributed by atoms with Crippen LogP contribution >= 0.6 is 0 Å². The highest BCUT2D eigenvalue weighted by Gasteiger charge is 2.13. The number of para-hydroxylation sites is 1. The van der Waals surface area contributed by atoms with Gasteiger partial charge in [-0.15, -0.1) is 0 Å². The number of ether oxygens (including phenoxy) is 1. The van der Waals surface area contributed by atoms with Gasteiger partial charge in [-0.2, -0.15) is 5.26 Å². The third kappa shape index (κ3) is 5.00. The third-order valence-corrected chi connectivity index (χ3v) is 5.86. The van der Waals surface area contributed by atoms with Gasteiger partial charge in [-0.1, -0.05) is 72.3 Å². The maximum Gasteiger partial charge on any atom is 0.266 e. The van der Waals surface area contributed by atoms with Gasteiger partial charge in [-0.3, -0.25) is 4.79 Å². The molecule has 168 valence electrons. The van der Waals surface area contributed by atoms with Crippen LogP contribution in [0.5, 0.6) is 5.75 Å². The first-order valence-electron chi connectivity index (χ1n) is 11.2. The summed E-state index contributed by atoms with van der Waals surface area (Å²) < 4.78 is 6.20. The normalized spacial score (nSPS) is 11.2. The van der Waals surface area contributed by atoms with Crippen molar-refractivity contribution in [2.75, 3.05) is 5.32 Å². The predicted octanol–water partition coefficient (Wildman–Crippen LogP) is 6.89. The molecule has 1 N–H and O–H groups in total. The molecule has 0 saturated carbocycles. The Morgan fingerprint density at radius 2 is 1.71 bits per heavy atom. The molecule has 0 aliphatic carbocycles. The van der Waals surface area contributed by atoms with Crippen molar-refractivity contribution in [2.45, 2.75) is 27.4 Å². The molecule has 4 aromatic carbocycles. The zero-order valence-electron chi connectivity index (χ0n) is 19.6. The summed E-state index contributed by atoms with van der Waals surface area (Å²) in [5.41, 5.74) is 5.69. The Bertz CT molecular complexity index is 1440. The molecule has 4 nitrogen and oxygen atoms in total. The van der Waals surface area contributed by atoms with Crippen molar-refractivity contribution < 1.29 is 9.53 Å². The number of nitrogens with zero attached hydrogens (tertiary/aromatic N) is 1. The van der Waals surface area contributed by atoms with Crippen LogP contribution in [0.3, 0.4) is 0 Å². The predicted molar refractivity (Wildman–Crippen MR) is 138 cm³/mol. The van der Waals surface area contributed by atoms with Gasteiger partial charge in [0.15, 0.2) is 0 Å². The molecule has 0 aliphatic heterocycles. The average molecular weight is 447 g/mol. The number of carbonyl (C=O) groups excluding carboxylic acids is 1. The van der Waals surface area contributed by atoms with E-state index in [4.69, 9.17) is 4.74 Å². The van der Waals surface area contributed by atoms with E-state index in [-0.39, 0.29) is 5.57 Å². The zero-order chi connectivity index (χ0) is 24.1. The quantitative estimate of drug-likeness (QED) is 0.259. The Labute approximate surface area is 200 Å². The Hall–Kier alpha value is -4.36. The number of amides is 1. The van der Waals surface area contributed by atoms with Gasteiger partial charge in [0, 0.05) is 16.8 Å². The van der Waals surface area contributed by atoms with Crippen LogP contribution in [-0.2, 0) is 11.4 Å². The number of anilines is 1. The molecule has 0 spiro atoms. The first-order chi connectivity index (χ1) is 16.5. The molecule has 0 saturated heterocycles. The van der Waals surface area contributed by atoms with Crippen molar-refractivity contribution in [3.63, 3.8) is 0 Å². The highest BCUT2D eigenvalue weighted by atomic mass is 16.5. The molecule has 1 amide bonds. The third-order valence-electron chi connectivity index (χ3n) is 5.86. The minimum absolute atomic E-state index is 0.0115. The van der Waals surface area contributed by atoms with E-state index in [0.29, 0.717) is 23.6 Å². The summed E-state index contributed by atoms with van der Waals surface area (Å²) in [6.45, 7) is 6.38. The summed E-state index contributed by atoms with van der Waals surface area (Å²) in [4.78, 5) is 12.8. The summed E-state index contributed by atoms with van der Waals surface area (Å²) in [6.07, 6.45) is 1.57. The molecule has 0 atom stereocenters. The number of nitrogens with one attached hydrogen (secondary N) is 1. The Kier molecular flexibility index (Phi) is 6.75. The van der Waals surface area contributed by atoms with Crippen LogP contribution in [0, 0.1) is 32.1 Å². The first kappa shape index (κ1) is 22.8. The van der Waals surface area contributed by atoms with E-state index >= 15 is 0 Å². The van der Waals surface area contributed by atoms with Crippen LogP contribution in [0.25, 0.3) is 16.8 Å². The lowest BCUT2D eigenvalue weighted by atomic mass is 10.0. The highest BCUT2D eigenvalue weighted by Crippen LogP contribution is 2.27. The smallest absolute Gasteiger partial charge is 0.266 e. The maximum atomic E-state index is 12.8. The van der Waals surface area contributed by atoms with Crippen LogP contribution in [0.2, 0.25) is 0 Å². The number of hydrogen-bond donors (Lipinski definition) is 1. The summed E-state index contributed by atoms with van der Waals surface area (Å²) in [7, 11) is 0. The van der Waals surface area contributed by atoms with Crippen LogP contribution < -0.4 is 10.1 Å². The van der Waals surface area contributed by atoms with Gasteiger partial charge >= 0.3 is 0 Å². The van der Waals surface area contributed by atoms with E-state index in [1.54, 1.807) is 6.08 Å². The summed E-state index contributed by atoms with van der Waals surface area (Å²) in [5.74, 6) is 0.163. The van der Waals surface area contributed by atoms with Gasteiger partial charge in [0.1, 0.15) is 24.0 Å². The molecule has 0 bridgehead atoms. The monoisotopic (exact) mass is 446 g/mol. The number of aryl methyl sites for hydroxylation is 3. The maximum absolute atomic E-state index is 12.8. The summed E-state index contributed by atoms with van der Waals surface area (Å²) >= 11 is 0. The molecule has 34 heavy (non-hydrogen) atoms. The Balaban J connectivity index is 1.59. The molecule has 0 heterocycles. The fraction of sp³-hybridized carbons (Fsp3) is 0.133. The average Bonchev–Trinajstić information content (AvgIpc) is 2.84. The topological polar surface area (TPSA) is 62.1 Å². The second-order valence-electron chi connectivity index (χ2n) is 8.35. The lowest BCUT2D eigenvalue weighted by Gasteiger charge is -2.14. The van der Waals surface area contributed by atoms with Crippen LogP contribution in [0.15, 0.2) is 84.4 Å². The molecular formula is C30H26N2O2. The summed E-state index contributed by atoms with van der Waals surface area (Å²) in [5, 5.41) is 14.8. The van der Waals surface area contributed by atoms with E-state index < -0.39 is 5.91 Å². The van der Waals surface area contributed by atoms with E-state index in [2.05, 4.69) is 36.5 Å². The van der Waals surface area contributed by atoms with Crippen molar-refractivity contribution >= 4 is 28.4 Å². The van der Waals surface area contributed by atoms with E-state index in [1.807, 2.05) is 74.5 Å². The molecular weight excluding hydrogens is 420 g/mol. The molecule has 0 unspecified atom stereocenters. The Morgan fingerprint density at radius 1 is 0.941 bits per heavy atom. The number of benzene rings is 4. The van der Waals surface area contributed by atoms with Crippen molar-refractivity contribution in [2.24, 2.45) is 0 Å². The van der Waals surface area contributed by atoms with Gasteiger partial charge in [0.2, 0.25) is 0 Å². The number of nitriles is 1. The standard InChI is InChI=1S/C30H26N2O2/c1-20-12-15-28(22(3)16-20)32-30(33)25(18-31)17-24-9-5-7-11-29(24)34-19-27-21(2)13-14-23-8-4-6-10-26(23)27/h4-17H,19H2,1-3H3,(H,32,33)/b25-17+. The van der Waals surface area contributed by atoms with Crippen molar-refractivity contribution in [3.8, 4) is 11.8 Å². The van der Waals surface area contributed by atoms with Gasteiger partial charge in [-0.25, -0.2) is 0 Å². The minimum Gasteiger partial charge on any atom is -0.488 e. The molecule has 0 aliphatic rings. The molecule has 0 radical (unpaired) electrons. The Morgan fingerprint density at radius 3 is 2.50 bits per heavy atom. The van der Waals surface area contributed by atoms with Gasteiger partial charge in [-0.05, 0) is 60.9 Å². The number of carbonyl (C=O) groups is 1. The van der Waals surface area contributed by atoms with Crippen molar-refractivity contribution in [3.05, 3.63) is 112 Å². The molecule has 4 rings (SSSR count). The number of rotatable bonds is 6. The first-order valence-corrected chi connectivity index (χ1v) is 11.2. The highest BCUT2D eigenvalue weighted by molar-refractivity contribution is 6.10. The molecule has 4 heteroatoms. The number of hydrogen-bond acceptors (Lipinski definition) is 3. The summed E-state index contributed by atoms with van der Waals surface area (Å²) in [6, 6.07) is 27.7. The van der Waals surface area contributed by atoms with Gasteiger partial charge < -0.3 is 10.1 Å². The second kappa shape index (κ2) is 10.1. The van der Waals surface area contributed by atoms with Gasteiger partial charge in [0.05, 0.1) is 0 Å². The molecule has 0 fully saturated rings. The largest absolute Gasteiger partial charge is 0.488 e. The van der Waals surface area contributed by atoms with Crippen LogP contribution in [0.4, 0.5) is 5.69 Å². The molecule has 0 aromatic heterocycles. The SMILES string of the molecule is Cc1ccc(NC(=O)/C(C#N)=C/c2ccccc2OCc2c(C)ccc3ccccc23)c(C)c1. The van der Waals surface area contributed by atoms with Crippen LogP contribution in [-0.4, -0.2) is 5.91 Å². The van der Waals surface area contributed by atoms with Gasteiger partial charge in [0.25, 0.3) is 5.91 Å². The van der Waals surface area contributed by atoms with E-state index in [9.17, 15) is 10.1 Å². The lowest BCUT2D eigenvalue weighted by Crippen LogP contribution is -2.14. The fourth-order valence-corrected chi connectivity index (χ4v) is 3.97. The van der Waals surface area contributed by atoms with Crippen LogP contribution in [0.1, 0.15) is 27.8 Å².